The van der Waals surface area contributed by atoms with Crippen LogP contribution in [-0.2, 0) is 9.59 Å². The van der Waals surface area contributed by atoms with Crippen LogP contribution in [0.2, 0.25) is 5.02 Å². The lowest BCUT2D eigenvalue weighted by atomic mass is 10.2. The van der Waals surface area contributed by atoms with E-state index < -0.39 is 11.8 Å². The second-order valence-corrected chi connectivity index (χ2v) is 5.89. The Morgan fingerprint density at radius 3 is 2.41 bits per heavy atom. The number of nitrogen functional groups attached to an aromatic ring is 1. The van der Waals surface area contributed by atoms with Crippen LogP contribution in [0.3, 0.4) is 0 Å². The fourth-order valence-electron chi connectivity index (χ4n) is 1.69. The highest BCUT2D eigenvalue weighted by atomic mass is 79.9. The van der Waals surface area contributed by atoms with Crippen molar-refractivity contribution >= 4 is 56.4 Å². The molecule has 0 saturated carbocycles. The lowest BCUT2D eigenvalue weighted by Crippen LogP contribution is -2.29. The van der Waals surface area contributed by atoms with Gasteiger partial charge in [0, 0.05) is 10.2 Å². The van der Waals surface area contributed by atoms with Crippen LogP contribution in [0.25, 0.3) is 0 Å². The third kappa shape index (κ3) is 3.99. The van der Waals surface area contributed by atoms with Gasteiger partial charge in [0.25, 0.3) is 0 Å². The van der Waals surface area contributed by atoms with E-state index in [0.29, 0.717) is 26.6 Å². The SMILES string of the molecule is Cc1ccc(NC(=O)C(=O)Nc2ccc(N)c(Cl)c2)c(Br)c1. The van der Waals surface area contributed by atoms with Crippen LogP contribution in [0.5, 0.6) is 0 Å². The summed E-state index contributed by atoms with van der Waals surface area (Å²) in [6, 6.07) is 9.97. The van der Waals surface area contributed by atoms with Gasteiger partial charge in [0.05, 0.1) is 16.4 Å². The molecule has 0 atom stereocenters. The number of nitrogens with one attached hydrogen (secondary N) is 2. The zero-order valence-electron chi connectivity index (χ0n) is 11.6. The van der Waals surface area contributed by atoms with Gasteiger partial charge in [0.2, 0.25) is 0 Å². The first-order valence-corrected chi connectivity index (χ1v) is 7.47. The monoisotopic (exact) mass is 381 g/mol. The molecule has 7 heteroatoms. The lowest BCUT2D eigenvalue weighted by molar-refractivity contribution is -0.133. The molecular weight excluding hydrogens is 370 g/mol. The summed E-state index contributed by atoms with van der Waals surface area (Å²) < 4.78 is 0.698. The predicted octanol–water partition coefficient (Wildman–Crippen LogP) is 3.57. The first-order valence-electron chi connectivity index (χ1n) is 6.30. The molecule has 4 N–H and O–H groups in total. The van der Waals surface area contributed by atoms with E-state index in [2.05, 4.69) is 26.6 Å². The second-order valence-electron chi connectivity index (χ2n) is 4.63. The van der Waals surface area contributed by atoms with Crippen molar-refractivity contribution in [2.75, 3.05) is 16.4 Å². The third-order valence-electron chi connectivity index (χ3n) is 2.84. The Balaban J connectivity index is 2.05. The second kappa shape index (κ2) is 6.81. The van der Waals surface area contributed by atoms with E-state index >= 15 is 0 Å². The van der Waals surface area contributed by atoms with E-state index in [-0.39, 0.29) is 0 Å². The summed E-state index contributed by atoms with van der Waals surface area (Å²) in [6.07, 6.45) is 0. The number of benzene rings is 2. The molecule has 22 heavy (non-hydrogen) atoms. The van der Waals surface area contributed by atoms with E-state index in [4.69, 9.17) is 17.3 Å². The van der Waals surface area contributed by atoms with Gasteiger partial charge in [-0.1, -0.05) is 17.7 Å². The predicted molar refractivity (Wildman–Crippen MR) is 92.0 cm³/mol. The Kier molecular flexibility index (Phi) is 5.05. The molecule has 0 aliphatic carbocycles. The minimum atomic E-state index is -0.798. The van der Waals surface area contributed by atoms with Crippen molar-refractivity contribution in [2.24, 2.45) is 0 Å². The highest BCUT2D eigenvalue weighted by Crippen LogP contribution is 2.24. The smallest absolute Gasteiger partial charge is 0.314 e. The molecule has 0 saturated heterocycles. The van der Waals surface area contributed by atoms with Crippen molar-refractivity contribution in [1.82, 2.24) is 0 Å². The molecule has 0 spiro atoms. The summed E-state index contributed by atoms with van der Waals surface area (Å²) in [7, 11) is 0. The first kappa shape index (κ1) is 16.3. The fourth-order valence-corrected chi connectivity index (χ4v) is 2.47. The van der Waals surface area contributed by atoms with Gasteiger partial charge in [-0.25, -0.2) is 0 Å². The molecule has 2 amide bonds. The molecule has 2 aromatic carbocycles. The van der Waals surface area contributed by atoms with E-state index in [0.717, 1.165) is 5.56 Å². The number of hydrogen-bond donors (Lipinski definition) is 3. The maximum absolute atomic E-state index is 11.9. The van der Waals surface area contributed by atoms with E-state index in [1.165, 1.54) is 6.07 Å². The molecule has 0 aliphatic heterocycles. The van der Waals surface area contributed by atoms with E-state index in [9.17, 15) is 9.59 Å². The Hall–Kier alpha value is -2.05. The van der Waals surface area contributed by atoms with Crippen molar-refractivity contribution in [3.05, 3.63) is 51.5 Å². The number of amides is 2. The van der Waals surface area contributed by atoms with Crippen molar-refractivity contribution in [2.45, 2.75) is 6.92 Å². The largest absolute Gasteiger partial charge is 0.398 e. The van der Waals surface area contributed by atoms with Crippen molar-refractivity contribution in [3.8, 4) is 0 Å². The number of carbonyl (C=O) groups excluding carboxylic acids is 2. The maximum atomic E-state index is 11.9. The first-order chi connectivity index (χ1) is 10.4. The number of rotatable bonds is 2. The molecule has 2 aromatic rings. The molecule has 0 heterocycles. The van der Waals surface area contributed by atoms with Crippen LogP contribution in [0.15, 0.2) is 40.9 Å². The highest BCUT2D eigenvalue weighted by molar-refractivity contribution is 9.10. The molecule has 0 unspecified atom stereocenters. The minimum absolute atomic E-state index is 0.305. The van der Waals surface area contributed by atoms with Crippen molar-refractivity contribution in [3.63, 3.8) is 0 Å². The van der Waals surface area contributed by atoms with E-state index in [1.54, 1.807) is 18.2 Å². The number of halogens is 2. The van der Waals surface area contributed by atoms with Gasteiger partial charge in [0.15, 0.2) is 0 Å². The summed E-state index contributed by atoms with van der Waals surface area (Å²) in [5.74, 6) is -1.58. The van der Waals surface area contributed by atoms with Gasteiger partial charge in [-0.3, -0.25) is 9.59 Å². The van der Waals surface area contributed by atoms with Gasteiger partial charge >= 0.3 is 11.8 Å². The van der Waals surface area contributed by atoms with Crippen LogP contribution in [0.4, 0.5) is 17.1 Å². The Bertz CT molecular complexity index is 750. The Labute approximate surface area is 141 Å². The lowest BCUT2D eigenvalue weighted by Gasteiger charge is -2.09. The standard InChI is InChI=1S/C15H13BrClN3O2/c1-8-2-5-13(10(16)6-8)20-15(22)14(21)19-9-3-4-12(18)11(17)7-9/h2-7H,18H2,1H3,(H,19,21)(H,20,22). The summed E-state index contributed by atoms with van der Waals surface area (Å²) in [4.78, 5) is 23.8. The molecule has 0 aromatic heterocycles. The number of aryl methyl sites for hydroxylation is 1. The average Bonchev–Trinajstić information content (AvgIpc) is 2.45. The van der Waals surface area contributed by atoms with Crippen molar-refractivity contribution < 1.29 is 9.59 Å². The zero-order valence-corrected chi connectivity index (χ0v) is 14.0. The van der Waals surface area contributed by atoms with Crippen LogP contribution < -0.4 is 16.4 Å². The number of anilines is 3. The summed E-state index contributed by atoms with van der Waals surface area (Å²) >= 11 is 9.19. The average molecular weight is 383 g/mol. The summed E-state index contributed by atoms with van der Waals surface area (Å²) in [6.45, 7) is 1.92. The summed E-state index contributed by atoms with van der Waals surface area (Å²) in [5, 5.41) is 5.29. The van der Waals surface area contributed by atoms with Crippen LogP contribution in [0.1, 0.15) is 5.56 Å². The topological polar surface area (TPSA) is 84.2 Å². The van der Waals surface area contributed by atoms with Crippen molar-refractivity contribution in [1.29, 1.82) is 0 Å². The van der Waals surface area contributed by atoms with Gasteiger partial charge in [-0.05, 0) is 58.7 Å². The van der Waals surface area contributed by atoms with Gasteiger partial charge in [0.1, 0.15) is 0 Å². The quantitative estimate of drug-likeness (QED) is 0.548. The molecule has 5 nitrogen and oxygen atoms in total. The number of hydrogen-bond acceptors (Lipinski definition) is 3. The molecule has 0 bridgehead atoms. The van der Waals surface area contributed by atoms with Crippen LogP contribution in [-0.4, -0.2) is 11.8 Å². The molecule has 2 rings (SSSR count). The molecule has 0 aliphatic rings. The Morgan fingerprint density at radius 1 is 1.09 bits per heavy atom. The van der Waals surface area contributed by atoms with Gasteiger partial charge < -0.3 is 16.4 Å². The minimum Gasteiger partial charge on any atom is -0.398 e. The number of carbonyl (C=O) groups is 2. The fraction of sp³-hybridized carbons (Fsp3) is 0.0667. The molecule has 0 fully saturated rings. The zero-order chi connectivity index (χ0) is 16.3. The highest BCUT2D eigenvalue weighted by Gasteiger charge is 2.15. The molecule has 0 radical (unpaired) electrons. The van der Waals surface area contributed by atoms with Gasteiger partial charge in [-0.2, -0.15) is 0 Å². The van der Waals surface area contributed by atoms with Crippen LogP contribution in [0, 0.1) is 6.92 Å². The third-order valence-corrected chi connectivity index (χ3v) is 3.82. The van der Waals surface area contributed by atoms with Crippen LogP contribution >= 0.6 is 27.5 Å². The normalized spacial score (nSPS) is 10.1. The van der Waals surface area contributed by atoms with E-state index in [1.807, 2.05) is 19.1 Å². The molecular formula is C15H13BrClN3O2. The summed E-state index contributed by atoms with van der Waals surface area (Å²) in [5.41, 5.74) is 7.92. The maximum Gasteiger partial charge on any atom is 0.314 e. The van der Waals surface area contributed by atoms with Gasteiger partial charge in [-0.15, -0.1) is 0 Å². The number of nitrogens with two attached hydrogens (primary N) is 1. The Morgan fingerprint density at radius 2 is 1.77 bits per heavy atom. The molecule has 114 valence electrons.